The van der Waals surface area contributed by atoms with E-state index in [-0.39, 0.29) is 18.4 Å². The van der Waals surface area contributed by atoms with Crippen molar-refractivity contribution in [3.05, 3.63) is 0 Å². The van der Waals surface area contributed by atoms with Gasteiger partial charge in [0.15, 0.2) is 0 Å². The second kappa shape index (κ2) is 6.27. The van der Waals surface area contributed by atoms with Crippen molar-refractivity contribution in [2.24, 2.45) is 0 Å². The highest BCUT2D eigenvalue weighted by atomic mass is 16.5. The van der Waals surface area contributed by atoms with Gasteiger partial charge in [-0.2, -0.15) is 0 Å². The minimum absolute atomic E-state index is 0.189. The second-order valence-electron chi connectivity index (χ2n) is 3.71. The number of carbonyl (C=O) groups is 2. The van der Waals surface area contributed by atoms with Gasteiger partial charge in [0.2, 0.25) is 0 Å². The molecule has 2 amide bonds. The number of ether oxygens (including phenoxy) is 1. The normalized spacial score (nSPS) is 16.1. The quantitative estimate of drug-likeness (QED) is 0.680. The third-order valence-electron chi connectivity index (χ3n) is 2.53. The first-order chi connectivity index (χ1) is 7.22. The van der Waals surface area contributed by atoms with Crippen LogP contribution in [0.2, 0.25) is 0 Å². The van der Waals surface area contributed by atoms with Gasteiger partial charge in [-0.05, 0) is 12.8 Å². The Morgan fingerprint density at radius 1 is 1.33 bits per heavy atom. The number of amides is 2. The van der Waals surface area contributed by atoms with Crippen LogP contribution >= 0.6 is 0 Å². The minimum Gasteiger partial charge on any atom is -0.469 e. The largest absolute Gasteiger partial charge is 0.469 e. The summed E-state index contributed by atoms with van der Waals surface area (Å²) in [6.07, 6.45) is 4.71. The van der Waals surface area contributed by atoms with Gasteiger partial charge in [0.1, 0.15) is 0 Å². The van der Waals surface area contributed by atoms with E-state index in [2.05, 4.69) is 15.4 Å². The molecule has 15 heavy (non-hydrogen) atoms. The molecule has 0 unspecified atom stereocenters. The molecule has 1 aliphatic carbocycles. The molecular formula is C10H18N2O3. The van der Waals surface area contributed by atoms with Crippen molar-refractivity contribution in [1.82, 2.24) is 10.6 Å². The van der Waals surface area contributed by atoms with Crippen LogP contribution in [-0.4, -0.2) is 31.7 Å². The van der Waals surface area contributed by atoms with E-state index in [0.29, 0.717) is 12.6 Å². The van der Waals surface area contributed by atoms with Gasteiger partial charge in [-0.25, -0.2) is 4.79 Å². The highest BCUT2D eigenvalue weighted by Crippen LogP contribution is 2.17. The van der Waals surface area contributed by atoms with E-state index in [4.69, 9.17) is 0 Å². The van der Waals surface area contributed by atoms with Gasteiger partial charge >= 0.3 is 12.0 Å². The highest BCUT2D eigenvalue weighted by molar-refractivity contribution is 5.75. The van der Waals surface area contributed by atoms with Crippen LogP contribution in [0, 0.1) is 0 Å². The zero-order valence-electron chi connectivity index (χ0n) is 9.04. The van der Waals surface area contributed by atoms with Gasteiger partial charge in [0, 0.05) is 12.6 Å². The fourth-order valence-electron chi connectivity index (χ4n) is 1.69. The molecule has 5 heteroatoms. The van der Waals surface area contributed by atoms with Crippen molar-refractivity contribution >= 4 is 12.0 Å². The molecule has 1 aliphatic rings. The van der Waals surface area contributed by atoms with E-state index >= 15 is 0 Å². The maximum Gasteiger partial charge on any atom is 0.315 e. The standard InChI is InChI=1S/C10H18N2O3/c1-15-9(13)6-7-11-10(14)12-8-4-2-3-5-8/h8H,2-7H2,1H3,(H2,11,12,14). The summed E-state index contributed by atoms with van der Waals surface area (Å²) in [5.41, 5.74) is 0. The zero-order valence-corrected chi connectivity index (χ0v) is 9.04. The summed E-state index contributed by atoms with van der Waals surface area (Å²) in [5, 5.41) is 5.49. The van der Waals surface area contributed by atoms with Crippen LogP contribution in [0.25, 0.3) is 0 Å². The number of methoxy groups -OCH3 is 1. The van der Waals surface area contributed by atoms with Gasteiger partial charge < -0.3 is 15.4 Å². The Morgan fingerprint density at radius 2 is 2.00 bits per heavy atom. The highest BCUT2D eigenvalue weighted by Gasteiger charge is 2.16. The van der Waals surface area contributed by atoms with E-state index in [1.807, 2.05) is 0 Å². The summed E-state index contributed by atoms with van der Waals surface area (Å²) in [4.78, 5) is 22.0. The molecule has 1 saturated carbocycles. The Balaban J connectivity index is 2.05. The predicted octanol–water partition coefficient (Wildman–Crippen LogP) is 0.791. The Kier molecular flexibility index (Phi) is 4.93. The van der Waals surface area contributed by atoms with Crippen molar-refractivity contribution in [3.8, 4) is 0 Å². The van der Waals surface area contributed by atoms with Crippen molar-refractivity contribution in [2.75, 3.05) is 13.7 Å². The molecule has 0 heterocycles. The molecule has 0 radical (unpaired) electrons. The summed E-state index contributed by atoms with van der Waals surface area (Å²) >= 11 is 0. The molecule has 86 valence electrons. The predicted molar refractivity (Wildman–Crippen MR) is 55.4 cm³/mol. The third kappa shape index (κ3) is 4.67. The van der Waals surface area contributed by atoms with Gasteiger partial charge in [0.25, 0.3) is 0 Å². The Hall–Kier alpha value is -1.26. The number of hydrogen-bond acceptors (Lipinski definition) is 3. The molecule has 1 fully saturated rings. The lowest BCUT2D eigenvalue weighted by Gasteiger charge is -2.12. The Morgan fingerprint density at radius 3 is 2.60 bits per heavy atom. The maximum absolute atomic E-state index is 11.3. The number of urea groups is 1. The van der Waals surface area contributed by atoms with Crippen LogP contribution in [0.3, 0.4) is 0 Å². The average Bonchev–Trinajstić information content (AvgIpc) is 2.70. The maximum atomic E-state index is 11.3. The fourth-order valence-corrected chi connectivity index (χ4v) is 1.69. The second-order valence-corrected chi connectivity index (χ2v) is 3.71. The summed E-state index contributed by atoms with van der Waals surface area (Å²) in [6.45, 7) is 0.325. The average molecular weight is 214 g/mol. The first-order valence-electron chi connectivity index (χ1n) is 5.33. The van der Waals surface area contributed by atoms with E-state index in [9.17, 15) is 9.59 Å². The lowest BCUT2D eigenvalue weighted by molar-refractivity contribution is -0.140. The smallest absolute Gasteiger partial charge is 0.315 e. The SMILES string of the molecule is COC(=O)CCNC(=O)NC1CCCC1. The summed E-state index contributed by atoms with van der Waals surface area (Å²) < 4.78 is 4.45. The van der Waals surface area contributed by atoms with Crippen molar-refractivity contribution in [1.29, 1.82) is 0 Å². The number of nitrogens with one attached hydrogen (secondary N) is 2. The molecule has 5 nitrogen and oxygen atoms in total. The van der Waals surface area contributed by atoms with Crippen LogP contribution in [0.1, 0.15) is 32.1 Å². The van der Waals surface area contributed by atoms with E-state index in [0.717, 1.165) is 12.8 Å². The molecule has 0 bridgehead atoms. The molecule has 0 saturated heterocycles. The van der Waals surface area contributed by atoms with Gasteiger partial charge in [-0.3, -0.25) is 4.79 Å². The molecule has 0 spiro atoms. The molecular weight excluding hydrogens is 196 g/mol. The van der Waals surface area contributed by atoms with Crippen molar-refractivity contribution in [3.63, 3.8) is 0 Å². The molecule has 0 aliphatic heterocycles. The van der Waals surface area contributed by atoms with Crippen LogP contribution < -0.4 is 10.6 Å². The van der Waals surface area contributed by atoms with Gasteiger partial charge in [-0.1, -0.05) is 12.8 Å². The van der Waals surface area contributed by atoms with Crippen molar-refractivity contribution in [2.45, 2.75) is 38.1 Å². The molecule has 0 aromatic heterocycles. The molecule has 0 atom stereocenters. The van der Waals surface area contributed by atoms with Crippen LogP contribution in [0.15, 0.2) is 0 Å². The van der Waals surface area contributed by atoms with Crippen LogP contribution in [0.4, 0.5) is 4.79 Å². The third-order valence-corrected chi connectivity index (χ3v) is 2.53. The van der Waals surface area contributed by atoms with Crippen LogP contribution in [-0.2, 0) is 9.53 Å². The lowest BCUT2D eigenvalue weighted by atomic mass is 10.2. The number of rotatable bonds is 4. The molecule has 2 N–H and O–H groups in total. The Labute approximate surface area is 89.6 Å². The van der Waals surface area contributed by atoms with E-state index < -0.39 is 0 Å². The van der Waals surface area contributed by atoms with Gasteiger partial charge in [-0.15, -0.1) is 0 Å². The summed E-state index contributed by atoms with van der Waals surface area (Å²) in [6, 6.07) is 0.119. The number of esters is 1. The minimum atomic E-state index is -0.309. The lowest BCUT2D eigenvalue weighted by Crippen LogP contribution is -2.41. The summed E-state index contributed by atoms with van der Waals surface area (Å²) in [7, 11) is 1.33. The van der Waals surface area contributed by atoms with E-state index in [1.54, 1.807) is 0 Å². The first-order valence-corrected chi connectivity index (χ1v) is 5.33. The van der Waals surface area contributed by atoms with Crippen LogP contribution in [0.5, 0.6) is 0 Å². The molecule has 0 aromatic rings. The number of hydrogen-bond donors (Lipinski definition) is 2. The molecule has 1 rings (SSSR count). The molecule has 0 aromatic carbocycles. The van der Waals surface area contributed by atoms with Gasteiger partial charge in [0.05, 0.1) is 13.5 Å². The fraction of sp³-hybridized carbons (Fsp3) is 0.800. The first kappa shape index (κ1) is 11.8. The van der Waals surface area contributed by atoms with Crippen molar-refractivity contribution < 1.29 is 14.3 Å². The number of carbonyl (C=O) groups excluding carboxylic acids is 2. The Bertz CT molecular complexity index is 225. The van der Waals surface area contributed by atoms with E-state index in [1.165, 1.54) is 20.0 Å². The summed E-state index contributed by atoms with van der Waals surface area (Å²) in [5.74, 6) is -0.309. The monoisotopic (exact) mass is 214 g/mol. The zero-order chi connectivity index (χ0) is 11.1. The topological polar surface area (TPSA) is 67.4 Å².